The smallest absolute Gasteiger partial charge is 0.312 e. The number of carbonyl (C=O) groups excluding carboxylic acids is 2. The van der Waals surface area contributed by atoms with Crippen LogP contribution in [0.2, 0.25) is 0 Å². The number of ether oxygens (including phenoxy) is 3. The van der Waals surface area contributed by atoms with E-state index < -0.39 is 17.4 Å². The van der Waals surface area contributed by atoms with E-state index in [0.717, 1.165) is 25.5 Å². The van der Waals surface area contributed by atoms with Crippen molar-refractivity contribution in [2.24, 2.45) is 11.8 Å². The maximum atomic E-state index is 11.9. The third-order valence-corrected chi connectivity index (χ3v) is 5.24. The Kier molecular flexibility index (Phi) is 7.03. The minimum Gasteiger partial charge on any atom is -0.469 e. The maximum Gasteiger partial charge on any atom is 0.312 e. The van der Waals surface area contributed by atoms with Gasteiger partial charge in [0.1, 0.15) is 11.9 Å². The molecule has 5 nitrogen and oxygen atoms in total. The lowest BCUT2D eigenvalue weighted by molar-refractivity contribution is -0.150. The van der Waals surface area contributed by atoms with Crippen LogP contribution in [0.1, 0.15) is 58.3 Å². The second-order valence-corrected chi connectivity index (χ2v) is 6.79. The third kappa shape index (κ3) is 4.13. The monoisotopic (exact) mass is 326 g/mol. The number of hydrogen-bond donors (Lipinski definition) is 0. The summed E-state index contributed by atoms with van der Waals surface area (Å²) >= 11 is 0. The average Bonchev–Trinajstić information content (AvgIpc) is 3.12. The Morgan fingerprint density at radius 1 is 1.26 bits per heavy atom. The minimum atomic E-state index is -0.618. The molecule has 0 N–H and O–H groups in total. The summed E-state index contributed by atoms with van der Waals surface area (Å²) in [6.45, 7) is 3.30. The van der Waals surface area contributed by atoms with E-state index in [2.05, 4.69) is 6.92 Å². The van der Waals surface area contributed by atoms with Crippen molar-refractivity contribution in [1.82, 2.24) is 0 Å². The van der Waals surface area contributed by atoms with Crippen molar-refractivity contribution in [2.45, 2.75) is 70.0 Å². The number of aldehydes is 1. The fourth-order valence-corrected chi connectivity index (χ4v) is 3.94. The van der Waals surface area contributed by atoms with Crippen LogP contribution in [0.4, 0.5) is 0 Å². The highest BCUT2D eigenvalue weighted by molar-refractivity contribution is 5.79. The number of hydrogen-bond acceptors (Lipinski definition) is 5. The summed E-state index contributed by atoms with van der Waals surface area (Å²) in [5, 5.41) is 0. The van der Waals surface area contributed by atoms with Crippen molar-refractivity contribution in [3.05, 3.63) is 0 Å². The quantitative estimate of drug-likeness (QED) is 0.332. The van der Waals surface area contributed by atoms with Crippen molar-refractivity contribution in [2.75, 3.05) is 20.3 Å². The molecule has 2 aliphatic rings. The highest BCUT2D eigenvalue weighted by atomic mass is 16.6. The van der Waals surface area contributed by atoms with Gasteiger partial charge in [0, 0.05) is 6.61 Å². The van der Waals surface area contributed by atoms with Crippen LogP contribution >= 0.6 is 0 Å². The van der Waals surface area contributed by atoms with E-state index in [1.54, 1.807) is 0 Å². The summed E-state index contributed by atoms with van der Waals surface area (Å²) < 4.78 is 16.6. The van der Waals surface area contributed by atoms with Gasteiger partial charge < -0.3 is 19.0 Å². The van der Waals surface area contributed by atoms with Crippen LogP contribution in [0.15, 0.2) is 0 Å². The number of methoxy groups -OCH3 is 1. The molecule has 2 bridgehead atoms. The molecule has 0 aliphatic carbocycles. The lowest BCUT2D eigenvalue weighted by Crippen LogP contribution is -2.45. The summed E-state index contributed by atoms with van der Waals surface area (Å²) in [6, 6.07) is 0. The predicted molar refractivity (Wildman–Crippen MR) is 86.1 cm³/mol. The number of carbonyl (C=O) groups is 2. The van der Waals surface area contributed by atoms with E-state index in [1.807, 2.05) is 0 Å². The maximum absolute atomic E-state index is 11.9. The molecule has 2 fully saturated rings. The first-order chi connectivity index (χ1) is 11.2. The molecule has 0 spiro atoms. The van der Waals surface area contributed by atoms with Gasteiger partial charge in [-0.05, 0) is 19.3 Å². The number of unbranched alkanes of at least 4 members (excludes halogenated alkanes) is 5. The standard InChI is InChI=1S/C18H30O5/c1-3-4-5-6-7-8-11-22-13-18-10-9-15(23-18)16(14(18)12-19)17(20)21-2/h12,14-16H,3-11,13H2,1-2H3. The molecular weight excluding hydrogens is 296 g/mol. The second-order valence-electron chi connectivity index (χ2n) is 6.79. The van der Waals surface area contributed by atoms with E-state index in [-0.39, 0.29) is 12.1 Å². The van der Waals surface area contributed by atoms with Gasteiger partial charge in [0.25, 0.3) is 0 Å². The Bertz CT molecular complexity index is 397. The van der Waals surface area contributed by atoms with Crippen LogP contribution in [0, 0.1) is 11.8 Å². The van der Waals surface area contributed by atoms with E-state index in [4.69, 9.17) is 14.2 Å². The molecule has 0 aromatic carbocycles. The van der Waals surface area contributed by atoms with E-state index in [1.165, 1.54) is 39.2 Å². The van der Waals surface area contributed by atoms with Crippen LogP contribution in [-0.2, 0) is 23.8 Å². The number of esters is 1. The van der Waals surface area contributed by atoms with Gasteiger partial charge in [0.05, 0.1) is 31.7 Å². The van der Waals surface area contributed by atoms with Crippen LogP contribution in [0.3, 0.4) is 0 Å². The summed E-state index contributed by atoms with van der Waals surface area (Å²) in [4.78, 5) is 23.4. The fourth-order valence-electron chi connectivity index (χ4n) is 3.94. The zero-order valence-corrected chi connectivity index (χ0v) is 14.4. The van der Waals surface area contributed by atoms with Crippen molar-refractivity contribution in [3.8, 4) is 0 Å². The van der Waals surface area contributed by atoms with Gasteiger partial charge in [-0.3, -0.25) is 4.79 Å². The first-order valence-corrected chi connectivity index (χ1v) is 8.97. The average molecular weight is 326 g/mol. The van der Waals surface area contributed by atoms with Gasteiger partial charge in [-0.25, -0.2) is 0 Å². The Morgan fingerprint density at radius 2 is 2.00 bits per heavy atom. The molecule has 0 radical (unpaired) electrons. The first kappa shape index (κ1) is 18.4. The molecule has 0 aromatic rings. The second kappa shape index (κ2) is 8.78. The zero-order valence-electron chi connectivity index (χ0n) is 14.4. The summed E-state index contributed by atoms with van der Waals surface area (Å²) in [6.07, 6.45) is 9.55. The molecule has 5 heteroatoms. The molecule has 0 saturated carbocycles. The predicted octanol–water partition coefficient (Wildman–Crippen LogP) is 2.90. The molecule has 23 heavy (non-hydrogen) atoms. The topological polar surface area (TPSA) is 61.8 Å². The molecule has 0 amide bonds. The highest BCUT2D eigenvalue weighted by Gasteiger charge is 2.62. The molecule has 0 aromatic heterocycles. The molecule has 2 heterocycles. The summed E-state index contributed by atoms with van der Waals surface area (Å²) in [7, 11) is 1.36. The molecule has 2 rings (SSSR count). The van der Waals surface area contributed by atoms with E-state index >= 15 is 0 Å². The van der Waals surface area contributed by atoms with Gasteiger partial charge >= 0.3 is 5.97 Å². The fraction of sp³-hybridized carbons (Fsp3) is 0.889. The van der Waals surface area contributed by atoms with Crippen molar-refractivity contribution in [1.29, 1.82) is 0 Å². The van der Waals surface area contributed by atoms with E-state index in [0.29, 0.717) is 13.2 Å². The van der Waals surface area contributed by atoms with Gasteiger partial charge in [-0.15, -0.1) is 0 Å². The lowest BCUT2D eigenvalue weighted by Gasteiger charge is -2.31. The Labute approximate surface area is 139 Å². The minimum absolute atomic E-state index is 0.199. The highest BCUT2D eigenvalue weighted by Crippen LogP contribution is 2.51. The van der Waals surface area contributed by atoms with Crippen molar-refractivity contribution >= 4 is 12.3 Å². The Hall–Kier alpha value is -0.940. The van der Waals surface area contributed by atoms with Gasteiger partial charge in [-0.2, -0.15) is 0 Å². The molecule has 132 valence electrons. The van der Waals surface area contributed by atoms with Crippen LogP contribution in [0.5, 0.6) is 0 Å². The van der Waals surface area contributed by atoms with Gasteiger partial charge in [0.2, 0.25) is 0 Å². The molecular formula is C18H30O5. The van der Waals surface area contributed by atoms with Crippen molar-refractivity contribution < 1.29 is 23.8 Å². The van der Waals surface area contributed by atoms with Gasteiger partial charge in [0.15, 0.2) is 0 Å². The molecule has 2 aliphatic heterocycles. The SMILES string of the molecule is CCCCCCCCOCC12CCC(O1)C(C(=O)OC)C2C=O. The Morgan fingerprint density at radius 3 is 2.70 bits per heavy atom. The van der Waals surface area contributed by atoms with Crippen LogP contribution in [0.25, 0.3) is 0 Å². The number of fused-ring (bicyclic) bond motifs is 2. The molecule has 4 atom stereocenters. The lowest BCUT2D eigenvalue weighted by atomic mass is 9.72. The summed E-state index contributed by atoms with van der Waals surface area (Å²) in [5.41, 5.74) is -0.618. The Balaban J connectivity index is 1.76. The van der Waals surface area contributed by atoms with Gasteiger partial charge in [-0.1, -0.05) is 39.0 Å². The van der Waals surface area contributed by atoms with Crippen LogP contribution in [-0.4, -0.2) is 44.3 Å². The van der Waals surface area contributed by atoms with E-state index in [9.17, 15) is 9.59 Å². The first-order valence-electron chi connectivity index (χ1n) is 8.97. The third-order valence-electron chi connectivity index (χ3n) is 5.24. The normalized spacial score (nSPS) is 32.2. The largest absolute Gasteiger partial charge is 0.469 e. The van der Waals surface area contributed by atoms with Crippen LogP contribution < -0.4 is 0 Å². The number of rotatable bonds is 11. The molecule has 2 saturated heterocycles. The summed E-state index contributed by atoms with van der Waals surface area (Å²) in [5.74, 6) is -1.26. The zero-order chi connectivity index (χ0) is 16.7. The molecule has 4 unspecified atom stereocenters. The van der Waals surface area contributed by atoms with Crippen molar-refractivity contribution in [3.63, 3.8) is 0 Å².